The van der Waals surface area contributed by atoms with Crippen molar-refractivity contribution in [3.8, 4) is 5.75 Å². The van der Waals surface area contributed by atoms with Gasteiger partial charge in [0.15, 0.2) is 0 Å². The average Bonchev–Trinajstić information content (AvgIpc) is 2.43. The molecule has 2 N–H and O–H groups in total. The number of nitrogens with one attached hydrogen (secondary N) is 1. The number of anilines is 1. The first-order chi connectivity index (χ1) is 9.74. The Kier molecular flexibility index (Phi) is 3.64. The van der Waals surface area contributed by atoms with Crippen molar-refractivity contribution in [1.82, 2.24) is 10.2 Å². The molecule has 2 fully saturated rings. The SMILES string of the molecule is O=C(O)N1CCN(c2ccccc2OC2CNC2)CC1. The van der Waals surface area contributed by atoms with Gasteiger partial charge < -0.3 is 25.0 Å². The fourth-order valence-corrected chi connectivity index (χ4v) is 2.48. The minimum absolute atomic E-state index is 0.247. The molecule has 3 rings (SSSR count). The highest BCUT2D eigenvalue weighted by molar-refractivity contribution is 5.66. The Morgan fingerprint density at radius 2 is 1.90 bits per heavy atom. The van der Waals surface area contributed by atoms with E-state index in [-0.39, 0.29) is 6.10 Å². The monoisotopic (exact) mass is 277 g/mol. The summed E-state index contributed by atoms with van der Waals surface area (Å²) in [6.45, 7) is 4.26. The highest BCUT2D eigenvalue weighted by Crippen LogP contribution is 2.30. The minimum atomic E-state index is -0.838. The first-order valence-electron chi connectivity index (χ1n) is 6.93. The average molecular weight is 277 g/mol. The smallest absolute Gasteiger partial charge is 0.407 e. The summed E-state index contributed by atoms with van der Waals surface area (Å²) >= 11 is 0. The van der Waals surface area contributed by atoms with Gasteiger partial charge in [0.1, 0.15) is 11.9 Å². The fourth-order valence-electron chi connectivity index (χ4n) is 2.48. The second-order valence-corrected chi connectivity index (χ2v) is 5.12. The summed E-state index contributed by atoms with van der Waals surface area (Å²) < 4.78 is 5.97. The predicted molar refractivity (Wildman–Crippen MR) is 75.5 cm³/mol. The van der Waals surface area contributed by atoms with Crippen LogP contribution in [0.5, 0.6) is 5.75 Å². The van der Waals surface area contributed by atoms with Crippen LogP contribution >= 0.6 is 0 Å². The summed E-state index contributed by atoms with van der Waals surface area (Å²) in [7, 11) is 0. The summed E-state index contributed by atoms with van der Waals surface area (Å²) in [5, 5.41) is 12.2. The lowest BCUT2D eigenvalue weighted by Gasteiger charge is -2.36. The van der Waals surface area contributed by atoms with Gasteiger partial charge in [0.2, 0.25) is 0 Å². The van der Waals surface area contributed by atoms with E-state index in [0.717, 1.165) is 24.5 Å². The predicted octanol–water partition coefficient (Wildman–Crippen LogP) is 0.837. The van der Waals surface area contributed by atoms with Crippen LogP contribution in [0.25, 0.3) is 0 Å². The van der Waals surface area contributed by atoms with Crippen molar-refractivity contribution in [1.29, 1.82) is 0 Å². The maximum Gasteiger partial charge on any atom is 0.407 e. The summed E-state index contributed by atoms with van der Waals surface area (Å²) in [6, 6.07) is 7.98. The molecule has 108 valence electrons. The van der Waals surface area contributed by atoms with Crippen molar-refractivity contribution in [3.63, 3.8) is 0 Å². The number of para-hydroxylation sites is 2. The Hall–Kier alpha value is -1.95. The van der Waals surface area contributed by atoms with Crippen LogP contribution in [0.2, 0.25) is 0 Å². The van der Waals surface area contributed by atoms with E-state index in [1.165, 1.54) is 4.90 Å². The number of ether oxygens (including phenoxy) is 1. The van der Waals surface area contributed by atoms with Gasteiger partial charge in [-0.05, 0) is 12.1 Å². The lowest BCUT2D eigenvalue weighted by atomic mass is 10.2. The van der Waals surface area contributed by atoms with Crippen LogP contribution < -0.4 is 15.0 Å². The zero-order valence-electron chi connectivity index (χ0n) is 11.3. The Bertz CT molecular complexity index is 482. The zero-order valence-corrected chi connectivity index (χ0v) is 11.3. The fraction of sp³-hybridized carbons (Fsp3) is 0.500. The number of nitrogens with zero attached hydrogens (tertiary/aromatic N) is 2. The van der Waals surface area contributed by atoms with Gasteiger partial charge in [0.25, 0.3) is 0 Å². The first-order valence-corrected chi connectivity index (χ1v) is 6.93. The largest absolute Gasteiger partial charge is 0.486 e. The molecule has 0 atom stereocenters. The molecular weight excluding hydrogens is 258 g/mol. The molecule has 0 unspecified atom stereocenters. The Morgan fingerprint density at radius 1 is 1.20 bits per heavy atom. The van der Waals surface area contributed by atoms with Crippen molar-refractivity contribution in [2.45, 2.75) is 6.10 Å². The van der Waals surface area contributed by atoms with Crippen LogP contribution in [0.3, 0.4) is 0 Å². The molecule has 1 aromatic rings. The molecule has 0 aromatic heterocycles. The van der Waals surface area contributed by atoms with Crippen molar-refractivity contribution in [3.05, 3.63) is 24.3 Å². The minimum Gasteiger partial charge on any atom is -0.486 e. The van der Waals surface area contributed by atoms with E-state index in [2.05, 4.69) is 10.2 Å². The molecule has 6 heteroatoms. The first kappa shape index (κ1) is 13.1. The van der Waals surface area contributed by atoms with E-state index in [0.29, 0.717) is 26.2 Å². The van der Waals surface area contributed by atoms with Gasteiger partial charge in [-0.25, -0.2) is 4.79 Å². The number of carboxylic acid groups (broad SMARTS) is 1. The van der Waals surface area contributed by atoms with Crippen molar-refractivity contribution in [2.24, 2.45) is 0 Å². The van der Waals surface area contributed by atoms with Crippen LogP contribution in [0, 0.1) is 0 Å². The van der Waals surface area contributed by atoms with Gasteiger partial charge in [-0.1, -0.05) is 12.1 Å². The Morgan fingerprint density at radius 3 is 2.50 bits per heavy atom. The Labute approximate surface area is 117 Å². The van der Waals surface area contributed by atoms with Crippen molar-refractivity contribution < 1.29 is 14.6 Å². The zero-order chi connectivity index (χ0) is 13.9. The second kappa shape index (κ2) is 5.58. The van der Waals surface area contributed by atoms with Gasteiger partial charge in [-0.3, -0.25) is 0 Å². The second-order valence-electron chi connectivity index (χ2n) is 5.12. The summed E-state index contributed by atoms with van der Waals surface area (Å²) in [6.07, 6.45) is -0.591. The van der Waals surface area contributed by atoms with Gasteiger partial charge in [-0.2, -0.15) is 0 Å². The van der Waals surface area contributed by atoms with Gasteiger partial charge >= 0.3 is 6.09 Å². The third-order valence-electron chi connectivity index (χ3n) is 3.79. The molecule has 2 aliphatic rings. The van der Waals surface area contributed by atoms with E-state index in [4.69, 9.17) is 9.84 Å². The van der Waals surface area contributed by atoms with E-state index in [9.17, 15) is 4.79 Å². The van der Waals surface area contributed by atoms with Crippen LogP contribution in [0.15, 0.2) is 24.3 Å². The summed E-state index contributed by atoms with van der Waals surface area (Å²) in [5.41, 5.74) is 1.06. The normalized spacial score (nSPS) is 19.6. The molecule has 1 amide bonds. The number of hydrogen-bond acceptors (Lipinski definition) is 4. The van der Waals surface area contributed by atoms with Gasteiger partial charge in [0.05, 0.1) is 5.69 Å². The molecule has 0 radical (unpaired) electrons. The molecule has 20 heavy (non-hydrogen) atoms. The maximum atomic E-state index is 10.9. The topological polar surface area (TPSA) is 65.0 Å². The molecule has 0 spiro atoms. The molecule has 2 aliphatic heterocycles. The highest BCUT2D eigenvalue weighted by Gasteiger charge is 2.24. The number of hydrogen-bond donors (Lipinski definition) is 2. The van der Waals surface area contributed by atoms with Crippen LogP contribution in [-0.4, -0.2) is 61.5 Å². The quantitative estimate of drug-likeness (QED) is 0.857. The van der Waals surface area contributed by atoms with E-state index in [1.807, 2.05) is 24.3 Å². The standard InChI is InChI=1S/C14H19N3O3/c18-14(19)17-7-5-16(6-8-17)12-3-1-2-4-13(12)20-11-9-15-10-11/h1-4,11,15H,5-10H2,(H,18,19). The number of carbonyl (C=O) groups is 1. The lowest BCUT2D eigenvalue weighted by Crippen LogP contribution is -2.51. The summed E-state index contributed by atoms with van der Waals surface area (Å²) in [4.78, 5) is 14.6. The number of amides is 1. The Balaban J connectivity index is 1.68. The van der Waals surface area contributed by atoms with Crippen LogP contribution in [0.4, 0.5) is 10.5 Å². The van der Waals surface area contributed by atoms with Gasteiger partial charge in [0, 0.05) is 39.3 Å². The number of rotatable bonds is 3. The molecule has 1 aromatic carbocycles. The van der Waals surface area contributed by atoms with E-state index >= 15 is 0 Å². The molecule has 2 saturated heterocycles. The highest BCUT2D eigenvalue weighted by atomic mass is 16.5. The molecule has 2 heterocycles. The third kappa shape index (κ3) is 2.65. The van der Waals surface area contributed by atoms with Gasteiger partial charge in [-0.15, -0.1) is 0 Å². The molecule has 6 nitrogen and oxygen atoms in total. The lowest BCUT2D eigenvalue weighted by molar-refractivity contribution is 0.139. The summed E-state index contributed by atoms with van der Waals surface area (Å²) in [5.74, 6) is 0.891. The number of benzene rings is 1. The molecule has 0 saturated carbocycles. The third-order valence-corrected chi connectivity index (χ3v) is 3.79. The molecular formula is C14H19N3O3. The van der Waals surface area contributed by atoms with E-state index in [1.54, 1.807) is 0 Å². The van der Waals surface area contributed by atoms with E-state index < -0.39 is 6.09 Å². The molecule has 0 aliphatic carbocycles. The molecule has 0 bridgehead atoms. The van der Waals surface area contributed by atoms with Crippen molar-refractivity contribution in [2.75, 3.05) is 44.2 Å². The number of piperazine rings is 1. The maximum absolute atomic E-state index is 10.9. The van der Waals surface area contributed by atoms with Crippen molar-refractivity contribution >= 4 is 11.8 Å². The van der Waals surface area contributed by atoms with Crippen LogP contribution in [0.1, 0.15) is 0 Å². The van der Waals surface area contributed by atoms with Crippen LogP contribution in [-0.2, 0) is 0 Å².